The molecule has 0 aliphatic carbocycles. The first kappa shape index (κ1) is 13.3. The van der Waals surface area contributed by atoms with Crippen LogP contribution in [0.15, 0.2) is 18.2 Å². The second-order valence-corrected chi connectivity index (χ2v) is 4.69. The number of aryl methyl sites for hydroxylation is 4. The first-order chi connectivity index (χ1) is 8.97. The molecule has 1 heterocycles. The van der Waals surface area contributed by atoms with Gasteiger partial charge in [-0.2, -0.15) is 5.10 Å². The molecule has 2 rings (SSSR count). The normalized spacial score (nSPS) is 10.7. The molecule has 0 spiro atoms. The van der Waals surface area contributed by atoms with E-state index in [1.807, 2.05) is 20.9 Å². The summed E-state index contributed by atoms with van der Waals surface area (Å²) in [6.07, 6.45) is 0.407. The van der Waals surface area contributed by atoms with Crippen LogP contribution in [-0.4, -0.2) is 25.8 Å². The van der Waals surface area contributed by atoms with Crippen LogP contribution in [0.2, 0.25) is 0 Å². The van der Waals surface area contributed by atoms with Gasteiger partial charge in [0, 0.05) is 19.0 Å². The lowest BCUT2D eigenvalue weighted by molar-refractivity contribution is -0.137. The maximum Gasteiger partial charge on any atom is 0.303 e. The molecule has 1 aromatic heterocycles. The fourth-order valence-electron chi connectivity index (χ4n) is 1.97. The molecule has 0 aliphatic heterocycles. The topological polar surface area (TPSA) is 68.0 Å². The minimum Gasteiger partial charge on any atom is -0.481 e. The van der Waals surface area contributed by atoms with E-state index in [4.69, 9.17) is 5.11 Å². The summed E-state index contributed by atoms with van der Waals surface area (Å²) in [6, 6.07) is 6.18. The summed E-state index contributed by atoms with van der Waals surface area (Å²) >= 11 is 0. The summed E-state index contributed by atoms with van der Waals surface area (Å²) in [5.74, 6) is 0.517. The molecule has 0 bridgehead atoms. The van der Waals surface area contributed by atoms with Gasteiger partial charge in [-0.25, -0.2) is 9.67 Å². The summed E-state index contributed by atoms with van der Waals surface area (Å²) in [6.45, 7) is 4.06. The number of nitrogens with zero attached hydrogens (tertiary/aromatic N) is 3. The third kappa shape index (κ3) is 2.99. The second-order valence-electron chi connectivity index (χ2n) is 4.69. The van der Waals surface area contributed by atoms with Gasteiger partial charge in [0.15, 0.2) is 11.6 Å². The second kappa shape index (κ2) is 5.22. The molecule has 0 unspecified atom stereocenters. The van der Waals surface area contributed by atoms with E-state index in [1.54, 1.807) is 4.68 Å². The molecule has 1 aromatic carbocycles. The number of rotatable bonds is 4. The van der Waals surface area contributed by atoms with Crippen molar-refractivity contribution in [2.45, 2.75) is 26.7 Å². The van der Waals surface area contributed by atoms with E-state index >= 15 is 0 Å². The lowest BCUT2D eigenvalue weighted by Gasteiger charge is -2.05. The molecular weight excluding hydrogens is 242 g/mol. The van der Waals surface area contributed by atoms with Gasteiger partial charge in [-0.3, -0.25) is 4.79 Å². The largest absolute Gasteiger partial charge is 0.481 e. The van der Waals surface area contributed by atoms with E-state index in [9.17, 15) is 4.79 Å². The van der Waals surface area contributed by atoms with Gasteiger partial charge in [0.1, 0.15) is 0 Å². The number of hydrogen-bond acceptors (Lipinski definition) is 3. The van der Waals surface area contributed by atoms with Crippen molar-refractivity contribution in [3.05, 3.63) is 35.2 Å². The number of aliphatic carboxylic acids is 1. The molecular formula is C14H17N3O2. The molecule has 5 nitrogen and oxygen atoms in total. The zero-order chi connectivity index (χ0) is 14.0. The van der Waals surface area contributed by atoms with E-state index in [0.717, 1.165) is 22.5 Å². The van der Waals surface area contributed by atoms with Crippen LogP contribution >= 0.6 is 0 Å². The lowest BCUT2D eigenvalue weighted by atomic mass is 10.1. The maximum absolute atomic E-state index is 10.6. The molecule has 2 aromatic rings. The zero-order valence-corrected chi connectivity index (χ0v) is 11.3. The van der Waals surface area contributed by atoms with Gasteiger partial charge in [0.05, 0.1) is 6.42 Å². The standard InChI is InChI=1S/C14H17N3O2/c1-9-4-5-10(2)11(8-9)14-15-12(16-17(14)3)6-7-13(18)19/h4-5,8H,6-7H2,1-3H3,(H,18,19). The van der Waals surface area contributed by atoms with Gasteiger partial charge in [-0.1, -0.05) is 17.7 Å². The fraction of sp³-hybridized carbons (Fsp3) is 0.357. The molecule has 0 aliphatic rings. The number of carbonyl (C=O) groups is 1. The van der Waals surface area contributed by atoms with Crippen LogP contribution in [0.5, 0.6) is 0 Å². The van der Waals surface area contributed by atoms with Crippen molar-refractivity contribution in [1.82, 2.24) is 14.8 Å². The fourth-order valence-corrected chi connectivity index (χ4v) is 1.97. The van der Waals surface area contributed by atoms with Gasteiger partial charge in [-0.05, 0) is 25.5 Å². The number of benzene rings is 1. The predicted octanol–water partition coefficient (Wildman–Crippen LogP) is 2.12. The molecule has 0 fully saturated rings. The molecule has 100 valence electrons. The minimum absolute atomic E-state index is 0.0518. The molecule has 5 heteroatoms. The lowest BCUT2D eigenvalue weighted by Crippen LogP contribution is -1.99. The monoisotopic (exact) mass is 259 g/mol. The van der Waals surface area contributed by atoms with Crippen LogP contribution < -0.4 is 0 Å². The first-order valence-electron chi connectivity index (χ1n) is 6.16. The summed E-state index contributed by atoms with van der Waals surface area (Å²) in [5, 5.41) is 13.0. The molecule has 0 amide bonds. The van der Waals surface area contributed by atoms with Gasteiger partial charge in [0.25, 0.3) is 0 Å². The highest BCUT2D eigenvalue weighted by molar-refractivity contribution is 5.67. The number of carboxylic acids is 1. The smallest absolute Gasteiger partial charge is 0.303 e. The van der Waals surface area contributed by atoms with E-state index in [0.29, 0.717) is 12.2 Å². The van der Waals surface area contributed by atoms with Gasteiger partial charge >= 0.3 is 5.97 Å². The molecule has 1 N–H and O–H groups in total. The molecule has 19 heavy (non-hydrogen) atoms. The summed E-state index contributed by atoms with van der Waals surface area (Å²) in [4.78, 5) is 15.0. The van der Waals surface area contributed by atoms with Crippen molar-refractivity contribution in [1.29, 1.82) is 0 Å². The average molecular weight is 259 g/mol. The van der Waals surface area contributed by atoms with Crippen molar-refractivity contribution in [3.63, 3.8) is 0 Å². The van der Waals surface area contributed by atoms with Crippen molar-refractivity contribution < 1.29 is 9.90 Å². The minimum atomic E-state index is -0.833. The number of hydrogen-bond donors (Lipinski definition) is 1. The summed E-state index contributed by atoms with van der Waals surface area (Å²) in [5.41, 5.74) is 3.33. The highest BCUT2D eigenvalue weighted by Crippen LogP contribution is 2.22. The predicted molar refractivity (Wildman–Crippen MR) is 71.9 cm³/mol. The van der Waals surface area contributed by atoms with E-state index in [2.05, 4.69) is 28.3 Å². The van der Waals surface area contributed by atoms with Crippen molar-refractivity contribution >= 4 is 5.97 Å². The van der Waals surface area contributed by atoms with Gasteiger partial charge < -0.3 is 5.11 Å². The maximum atomic E-state index is 10.6. The highest BCUT2D eigenvalue weighted by atomic mass is 16.4. The summed E-state index contributed by atoms with van der Waals surface area (Å²) < 4.78 is 1.71. The van der Waals surface area contributed by atoms with Gasteiger partial charge in [0.2, 0.25) is 0 Å². The Hall–Kier alpha value is -2.17. The third-order valence-electron chi connectivity index (χ3n) is 3.00. The zero-order valence-electron chi connectivity index (χ0n) is 11.3. The quantitative estimate of drug-likeness (QED) is 0.913. The van der Waals surface area contributed by atoms with E-state index in [-0.39, 0.29) is 6.42 Å². The average Bonchev–Trinajstić information content (AvgIpc) is 2.71. The van der Waals surface area contributed by atoms with E-state index < -0.39 is 5.97 Å². The molecule has 0 saturated carbocycles. The van der Waals surface area contributed by atoms with Crippen molar-refractivity contribution in [2.24, 2.45) is 7.05 Å². The molecule has 0 saturated heterocycles. The van der Waals surface area contributed by atoms with Crippen LogP contribution in [0.3, 0.4) is 0 Å². The Morgan fingerprint density at radius 2 is 2.11 bits per heavy atom. The Morgan fingerprint density at radius 3 is 2.79 bits per heavy atom. The molecule has 0 atom stereocenters. The first-order valence-corrected chi connectivity index (χ1v) is 6.16. The van der Waals surface area contributed by atoms with Gasteiger partial charge in [-0.15, -0.1) is 0 Å². The Labute approximate surface area is 111 Å². The van der Waals surface area contributed by atoms with Crippen molar-refractivity contribution in [2.75, 3.05) is 0 Å². The van der Waals surface area contributed by atoms with Crippen LogP contribution in [0.25, 0.3) is 11.4 Å². The Morgan fingerprint density at radius 1 is 1.37 bits per heavy atom. The SMILES string of the molecule is Cc1ccc(C)c(-c2nc(CCC(=O)O)nn2C)c1. The Kier molecular flexibility index (Phi) is 3.64. The molecule has 0 radical (unpaired) electrons. The number of aromatic nitrogens is 3. The Bertz CT molecular complexity index is 617. The van der Waals surface area contributed by atoms with E-state index in [1.165, 1.54) is 0 Å². The highest BCUT2D eigenvalue weighted by Gasteiger charge is 2.12. The third-order valence-corrected chi connectivity index (χ3v) is 3.00. The van der Waals surface area contributed by atoms with Crippen LogP contribution in [0, 0.1) is 13.8 Å². The Balaban J connectivity index is 2.34. The summed E-state index contributed by atoms with van der Waals surface area (Å²) in [7, 11) is 1.83. The van der Waals surface area contributed by atoms with Crippen LogP contribution in [0.4, 0.5) is 0 Å². The van der Waals surface area contributed by atoms with Crippen LogP contribution in [-0.2, 0) is 18.3 Å². The van der Waals surface area contributed by atoms with Crippen LogP contribution in [0.1, 0.15) is 23.4 Å². The van der Waals surface area contributed by atoms with Crippen molar-refractivity contribution in [3.8, 4) is 11.4 Å². The number of carboxylic acid groups (broad SMARTS) is 1.